The van der Waals surface area contributed by atoms with Crippen LogP contribution >= 0.6 is 0 Å². The number of nitrogens with one attached hydrogen (secondary N) is 1. The molecule has 0 radical (unpaired) electrons. The van der Waals surface area contributed by atoms with E-state index in [4.69, 9.17) is 4.74 Å². The summed E-state index contributed by atoms with van der Waals surface area (Å²) in [5, 5.41) is 21.8. The van der Waals surface area contributed by atoms with Gasteiger partial charge >= 0.3 is 5.69 Å². The highest BCUT2D eigenvalue weighted by Crippen LogP contribution is 2.20. The van der Waals surface area contributed by atoms with Crippen molar-refractivity contribution in [1.29, 1.82) is 0 Å². The lowest BCUT2D eigenvalue weighted by molar-refractivity contribution is -0.385. The lowest BCUT2D eigenvalue weighted by atomic mass is 10.2. The standard InChI is InChI=1S/C17H23N7O5/c1-3-22-16(17(26)21-6-8-29-9-7-21)13(10-18-22)20-15(25)4-5-23-12(2)14(11-19-23)24(27)28/h10-11H,3-9H2,1-2H3,(H,20,25). The fourth-order valence-electron chi connectivity index (χ4n) is 3.12. The summed E-state index contributed by atoms with van der Waals surface area (Å²) in [6, 6.07) is 0. The zero-order valence-corrected chi connectivity index (χ0v) is 16.3. The van der Waals surface area contributed by atoms with E-state index in [-0.39, 0.29) is 30.5 Å². The number of carbonyl (C=O) groups excluding carboxylic acids is 2. The molecular formula is C17H23N7O5. The van der Waals surface area contributed by atoms with Crippen LogP contribution in [0.3, 0.4) is 0 Å². The van der Waals surface area contributed by atoms with Gasteiger partial charge in [-0.15, -0.1) is 0 Å². The highest BCUT2D eigenvalue weighted by atomic mass is 16.6. The number of ether oxygens (including phenoxy) is 1. The number of rotatable bonds is 7. The van der Waals surface area contributed by atoms with Gasteiger partial charge < -0.3 is 15.0 Å². The van der Waals surface area contributed by atoms with Crippen LogP contribution in [0.2, 0.25) is 0 Å². The number of anilines is 1. The molecule has 0 aliphatic carbocycles. The predicted molar refractivity (Wildman–Crippen MR) is 101 cm³/mol. The average Bonchev–Trinajstić information content (AvgIpc) is 3.29. The van der Waals surface area contributed by atoms with Crippen molar-refractivity contribution in [3.63, 3.8) is 0 Å². The van der Waals surface area contributed by atoms with E-state index in [2.05, 4.69) is 15.5 Å². The number of amides is 2. The Balaban J connectivity index is 1.68. The molecule has 12 nitrogen and oxygen atoms in total. The summed E-state index contributed by atoms with van der Waals surface area (Å²) in [6.45, 7) is 6.02. The normalized spacial score (nSPS) is 14.1. The van der Waals surface area contributed by atoms with Crippen molar-refractivity contribution in [2.24, 2.45) is 0 Å². The fourth-order valence-corrected chi connectivity index (χ4v) is 3.12. The molecule has 0 saturated carbocycles. The van der Waals surface area contributed by atoms with Gasteiger partial charge in [-0.2, -0.15) is 10.2 Å². The first-order valence-corrected chi connectivity index (χ1v) is 9.31. The summed E-state index contributed by atoms with van der Waals surface area (Å²) in [4.78, 5) is 37.4. The average molecular weight is 405 g/mol. The highest BCUT2D eigenvalue weighted by Gasteiger charge is 2.26. The lowest BCUT2D eigenvalue weighted by Gasteiger charge is -2.27. The molecule has 1 N–H and O–H groups in total. The van der Waals surface area contributed by atoms with Gasteiger partial charge in [0.15, 0.2) is 0 Å². The van der Waals surface area contributed by atoms with E-state index in [0.29, 0.717) is 49.9 Å². The Morgan fingerprint density at radius 1 is 1.24 bits per heavy atom. The molecule has 1 aliphatic rings. The van der Waals surface area contributed by atoms with Gasteiger partial charge in [-0.25, -0.2) is 0 Å². The van der Waals surface area contributed by atoms with Gasteiger partial charge in [0.2, 0.25) is 5.91 Å². The number of hydrogen-bond acceptors (Lipinski definition) is 7. The molecule has 29 heavy (non-hydrogen) atoms. The summed E-state index contributed by atoms with van der Waals surface area (Å²) in [5.41, 5.74) is 0.961. The van der Waals surface area contributed by atoms with Crippen LogP contribution in [-0.2, 0) is 22.6 Å². The Bertz CT molecular complexity index is 913. The third-order valence-corrected chi connectivity index (χ3v) is 4.74. The smallest absolute Gasteiger partial charge is 0.309 e. The molecular weight excluding hydrogens is 382 g/mol. The molecule has 1 fully saturated rings. The fraction of sp³-hybridized carbons (Fsp3) is 0.529. The second kappa shape index (κ2) is 8.82. The minimum absolute atomic E-state index is 0.0438. The van der Waals surface area contributed by atoms with Crippen LogP contribution in [-0.4, -0.2) is 67.5 Å². The Hall–Kier alpha value is -3.28. The molecule has 2 amide bonds. The van der Waals surface area contributed by atoms with Crippen molar-refractivity contribution in [1.82, 2.24) is 24.5 Å². The first-order chi connectivity index (χ1) is 13.9. The highest BCUT2D eigenvalue weighted by molar-refractivity contribution is 6.02. The van der Waals surface area contributed by atoms with Crippen molar-refractivity contribution in [3.05, 3.63) is 33.9 Å². The van der Waals surface area contributed by atoms with Gasteiger partial charge in [-0.05, 0) is 13.8 Å². The van der Waals surface area contributed by atoms with Crippen LogP contribution in [0.1, 0.15) is 29.5 Å². The van der Waals surface area contributed by atoms with E-state index in [1.807, 2.05) is 6.92 Å². The van der Waals surface area contributed by atoms with E-state index < -0.39 is 4.92 Å². The molecule has 3 rings (SSSR count). The number of carbonyl (C=O) groups is 2. The molecule has 0 spiro atoms. The number of nitrogens with zero attached hydrogens (tertiary/aromatic N) is 6. The molecule has 0 bridgehead atoms. The largest absolute Gasteiger partial charge is 0.378 e. The summed E-state index contributed by atoms with van der Waals surface area (Å²) in [7, 11) is 0. The Morgan fingerprint density at radius 3 is 2.55 bits per heavy atom. The number of nitro groups is 1. The van der Waals surface area contributed by atoms with Crippen molar-refractivity contribution in [2.75, 3.05) is 31.6 Å². The number of aromatic nitrogens is 4. The third-order valence-electron chi connectivity index (χ3n) is 4.74. The van der Waals surface area contributed by atoms with E-state index in [9.17, 15) is 19.7 Å². The molecule has 156 valence electrons. The predicted octanol–water partition coefficient (Wildman–Crippen LogP) is 0.817. The van der Waals surface area contributed by atoms with Crippen molar-refractivity contribution < 1.29 is 19.2 Å². The Morgan fingerprint density at radius 2 is 1.93 bits per heavy atom. The molecule has 2 aromatic heterocycles. The van der Waals surface area contributed by atoms with E-state index >= 15 is 0 Å². The van der Waals surface area contributed by atoms with Crippen LogP contribution in [0.5, 0.6) is 0 Å². The third kappa shape index (κ3) is 4.42. The number of hydrogen-bond donors (Lipinski definition) is 1. The van der Waals surface area contributed by atoms with Crippen molar-refractivity contribution in [2.45, 2.75) is 33.4 Å². The summed E-state index contributed by atoms with van der Waals surface area (Å²) in [6.07, 6.45) is 2.67. The van der Waals surface area contributed by atoms with Gasteiger partial charge in [0.1, 0.15) is 17.6 Å². The van der Waals surface area contributed by atoms with Gasteiger partial charge in [0, 0.05) is 26.1 Å². The maximum Gasteiger partial charge on any atom is 0.309 e. The SMILES string of the molecule is CCn1ncc(NC(=O)CCn2ncc([N+](=O)[O-])c2C)c1C(=O)N1CCOCC1. The summed E-state index contributed by atoms with van der Waals surface area (Å²) < 4.78 is 8.24. The molecule has 0 unspecified atom stereocenters. The van der Waals surface area contributed by atoms with Crippen LogP contribution in [0.15, 0.2) is 12.4 Å². The first kappa shape index (κ1) is 20.5. The maximum absolute atomic E-state index is 12.9. The zero-order valence-electron chi connectivity index (χ0n) is 16.3. The molecule has 12 heteroatoms. The van der Waals surface area contributed by atoms with Crippen molar-refractivity contribution in [3.8, 4) is 0 Å². The first-order valence-electron chi connectivity index (χ1n) is 9.31. The quantitative estimate of drug-likeness (QED) is 0.531. The van der Waals surface area contributed by atoms with E-state index in [1.165, 1.54) is 10.9 Å². The molecule has 3 heterocycles. The van der Waals surface area contributed by atoms with Crippen LogP contribution in [0.25, 0.3) is 0 Å². The second-order valence-corrected chi connectivity index (χ2v) is 6.52. The van der Waals surface area contributed by atoms with E-state index in [0.717, 1.165) is 6.20 Å². The monoisotopic (exact) mass is 405 g/mol. The zero-order chi connectivity index (χ0) is 21.0. The summed E-state index contributed by atoms with van der Waals surface area (Å²) >= 11 is 0. The topological polar surface area (TPSA) is 137 Å². The minimum atomic E-state index is -0.512. The Labute approximate surface area is 166 Å². The summed E-state index contributed by atoms with van der Waals surface area (Å²) in [5.74, 6) is -0.546. The lowest BCUT2D eigenvalue weighted by Crippen LogP contribution is -2.41. The maximum atomic E-state index is 12.9. The number of morpholine rings is 1. The molecule has 0 aromatic carbocycles. The van der Waals surface area contributed by atoms with Gasteiger partial charge in [-0.3, -0.25) is 29.1 Å². The van der Waals surface area contributed by atoms with Crippen molar-refractivity contribution >= 4 is 23.2 Å². The molecule has 2 aromatic rings. The van der Waals surface area contributed by atoms with Crippen LogP contribution < -0.4 is 5.32 Å². The Kier molecular flexibility index (Phi) is 6.22. The van der Waals surface area contributed by atoms with E-state index in [1.54, 1.807) is 16.5 Å². The van der Waals surface area contributed by atoms with Crippen LogP contribution in [0.4, 0.5) is 11.4 Å². The minimum Gasteiger partial charge on any atom is -0.378 e. The number of aryl methyl sites for hydroxylation is 2. The van der Waals surface area contributed by atoms with Gasteiger partial charge in [0.25, 0.3) is 5.91 Å². The molecule has 1 saturated heterocycles. The second-order valence-electron chi connectivity index (χ2n) is 6.52. The molecule has 1 aliphatic heterocycles. The van der Waals surface area contributed by atoms with Gasteiger partial charge in [-0.1, -0.05) is 0 Å². The molecule has 0 atom stereocenters. The van der Waals surface area contributed by atoms with Crippen LogP contribution in [0, 0.1) is 17.0 Å². The van der Waals surface area contributed by atoms with Gasteiger partial charge in [0.05, 0.1) is 36.6 Å².